The number of likely N-dealkylation sites (tertiary alicyclic amines) is 1. The first kappa shape index (κ1) is 16.9. The normalized spacial score (nSPS) is 25.2. The molecule has 0 bridgehead atoms. The molecule has 2 heterocycles. The molecule has 1 saturated carbocycles. The number of carbonyl (C=O) groups is 3. The van der Waals surface area contributed by atoms with Crippen LogP contribution in [0.5, 0.6) is 0 Å². The van der Waals surface area contributed by atoms with Crippen molar-refractivity contribution in [3.05, 3.63) is 47.5 Å². The number of benzene rings is 1. The fourth-order valence-corrected chi connectivity index (χ4v) is 4.56. The number of aromatic nitrogens is 1. The van der Waals surface area contributed by atoms with Crippen LogP contribution in [0.4, 0.5) is 5.13 Å². The Labute approximate surface area is 155 Å². The maximum Gasteiger partial charge on any atom is 0.246 e. The molecule has 2 aromatic rings. The Morgan fingerprint density at radius 1 is 1.15 bits per heavy atom. The molecule has 7 heteroatoms. The highest BCUT2D eigenvalue weighted by Crippen LogP contribution is 2.44. The Kier molecular flexibility index (Phi) is 4.55. The average molecular weight is 369 g/mol. The van der Waals surface area contributed by atoms with Crippen LogP contribution in [-0.2, 0) is 14.4 Å². The van der Waals surface area contributed by atoms with Gasteiger partial charge in [0.25, 0.3) is 0 Å². The van der Waals surface area contributed by atoms with E-state index in [1.54, 1.807) is 11.6 Å². The number of amides is 3. The van der Waals surface area contributed by atoms with Crippen molar-refractivity contribution in [3.8, 4) is 0 Å². The van der Waals surface area contributed by atoms with Gasteiger partial charge in [-0.15, -0.1) is 11.3 Å². The Hall–Kier alpha value is -2.54. The SMILES string of the molecule is O=C(CN1C(=O)[C@@H]2CC[C@@H](c3ccccc3)C[C@H]2C1=O)Nc1nccs1. The fourth-order valence-electron chi connectivity index (χ4n) is 4.02. The van der Waals surface area contributed by atoms with Crippen LogP contribution in [0.25, 0.3) is 0 Å². The second-order valence-corrected chi connectivity index (χ2v) is 7.68. The Morgan fingerprint density at radius 2 is 1.92 bits per heavy atom. The molecular formula is C19H19N3O3S. The summed E-state index contributed by atoms with van der Waals surface area (Å²) in [7, 11) is 0. The molecule has 4 rings (SSSR count). The Morgan fingerprint density at radius 3 is 2.65 bits per heavy atom. The number of nitrogens with zero attached hydrogens (tertiary/aromatic N) is 2. The molecule has 2 aliphatic rings. The second kappa shape index (κ2) is 6.99. The summed E-state index contributed by atoms with van der Waals surface area (Å²) in [6.45, 7) is -0.236. The Balaban J connectivity index is 1.44. The summed E-state index contributed by atoms with van der Waals surface area (Å²) in [5.41, 5.74) is 1.21. The number of nitrogens with one attached hydrogen (secondary N) is 1. The van der Waals surface area contributed by atoms with E-state index in [0.717, 1.165) is 11.3 Å². The number of hydrogen-bond donors (Lipinski definition) is 1. The number of carbonyl (C=O) groups excluding carboxylic acids is 3. The first-order valence-electron chi connectivity index (χ1n) is 8.73. The molecular weight excluding hydrogens is 350 g/mol. The van der Waals surface area contributed by atoms with E-state index in [1.807, 2.05) is 18.2 Å². The zero-order valence-electron chi connectivity index (χ0n) is 14.1. The maximum atomic E-state index is 12.8. The molecule has 1 N–H and O–H groups in total. The van der Waals surface area contributed by atoms with E-state index >= 15 is 0 Å². The quantitative estimate of drug-likeness (QED) is 0.841. The van der Waals surface area contributed by atoms with Gasteiger partial charge < -0.3 is 5.32 Å². The minimum absolute atomic E-state index is 0.208. The molecule has 1 aliphatic carbocycles. The monoisotopic (exact) mass is 369 g/mol. The molecule has 1 saturated heterocycles. The van der Waals surface area contributed by atoms with Crippen LogP contribution in [0.15, 0.2) is 41.9 Å². The van der Waals surface area contributed by atoms with Crippen molar-refractivity contribution >= 4 is 34.2 Å². The molecule has 26 heavy (non-hydrogen) atoms. The summed E-state index contributed by atoms with van der Waals surface area (Å²) in [6.07, 6.45) is 3.84. The lowest BCUT2D eigenvalue weighted by Crippen LogP contribution is -2.38. The van der Waals surface area contributed by atoms with Crippen molar-refractivity contribution < 1.29 is 14.4 Å². The van der Waals surface area contributed by atoms with E-state index in [2.05, 4.69) is 22.4 Å². The lowest BCUT2D eigenvalue weighted by Gasteiger charge is -2.28. The van der Waals surface area contributed by atoms with E-state index < -0.39 is 0 Å². The molecule has 0 spiro atoms. The Bertz CT molecular complexity index is 822. The van der Waals surface area contributed by atoms with Gasteiger partial charge in [-0.1, -0.05) is 30.3 Å². The van der Waals surface area contributed by atoms with Gasteiger partial charge in [-0.05, 0) is 30.7 Å². The summed E-state index contributed by atoms with van der Waals surface area (Å²) in [4.78, 5) is 42.7. The zero-order valence-corrected chi connectivity index (χ0v) is 14.9. The number of anilines is 1. The topological polar surface area (TPSA) is 79.4 Å². The van der Waals surface area contributed by atoms with Crippen molar-refractivity contribution in [1.29, 1.82) is 0 Å². The van der Waals surface area contributed by atoms with Crippen molar-refractivity contribution in [1.82, 2.24) is 9.88 Å². The maximum absolute atomic E-state index is 12.8. The zero-order chi connectivity index (χ0) is 18.1. The number of rotatable bonds is 4. The summed E-state index contributed by atoms with van der Waals surface area (Å²) >= 11 is 1.30. The van der Waals surface area contributed by atoms with Gasteiger partial charge >= 0.3 is 0 Å². The van der Waals surface area contributed by atoms with Gasteiger partial charge in [0.05, 0.1) is 11.8 Å². The molecule has 3 atom stereocenters. The van der Waals surface area contributed by atoms with Crippen LogP contribution in [0, 0.1) is 11.8 Å². The number of imide groups is 1. The van der Waals surface area contributed by atoms with E-state index in [9.17, 15) is 14.4 Å². The average Bonchev–Trinajstić information content (AvgIpc) is 3.25. The predicted molar refractivity (Wildman–Crippen MR) is 97.5 cm³/mol. The van der Waals surface area contributed by atoms with E-state index in [-0.39, 0.29) is 36.1 Å². The van der Waals surface area contributed by atoms with Gasteiger partial charge in [0.15, 0.2) is 5.13 Å². The third-order valence-corrected chi connectivity index (χ3v) is 5.96. The van der Waals surface area contributed by atoms with Crippen LogP contribution in [0.3, 0.4) is 0 Å². The van der Waals surface area contributed by atoms with Crippen LogP contribution >= 0.6 is 11.3 Å². The van der Waals surface area contributed by atoms with Gasteiger partial charge in [0.2, 0.25) is 17.7 Å². The highest BCUT2D eigenvalue weighted by atomic mass is 32.1. The lowest BCUT2D eigenvalue weighted by atomic mass is 9.73. The van der Waals surface area contributed by atoms with Gasteiger partial charge in [-0.2, -0.15) is 0 Å². The molecule has 0 unspecified atom stereocenters. The van der Waals surface area contributed by atoms with Gasteiger partial charge in [0, 0.05) is 11.6 Å². The molecule has 1 aromatic heterocycles. The summed E-state index contributed by atoms with van der Waals surface area (Å²) in [6, 6.07) is 10.1. The van der Waals surface area contributed by atoms with Crippen molar-refractivity contribution in [2.24, 2.45) is 11.8 Å². The van der Waals surface area contributed by atoms with Crippen molar-refractivity contribution in [2.75, 3.05) is 11.9 Å². The summed E-state index contributed by atoms with van der Waals surface area (Å²) in [5.74, 6) is -1.11. The standard InChI is InChI=1S/C19H19N3O3S/c23-16(21-19-20-8-9-26-19)11-22-17(24)14-7-6-13(10-15(14)18(22)25)12-4-2-1-3-5-12/h1-5,8-9,13-15H,6-7,10-11H2,(H,20,21,23)/t13-,14-,15-/m1/s1. The molecule has 2 fully saturated rings. The molecule has 1 aromatic carbocycles. The first-order chi connectivity index (χ1) is 12.6. The third-order valence-electron chi connectivity index (χ3n) is 5.27. The van der Waals surface area contributed by atoms with E-state index in [1.165, 1.54) is 16.9 Å². The van der Waals surface area contributed by atoms with Gasteiger partial charge in [0.1, 0.15) is 6.54 Å². The summed E-state index contributed by atoms with van der Waals surface area (Å²) in [5, 5.41) is 4.85. The molecule has 134 valence electrons. The number of fused-ring (bicyclic) bond motifs is 1. The fraction of sp³-hybridized carbons (Fsp3) is 0.368. The molecule has 1 aliphatic heterocycles. The minimum Gasteiger partial charge on any atom is -0.300 e. The van der Waals surface area contributed by atoms with Gasteiger partial charge in [-0.25, -0.2) is 4.98 Å². The first-order valence-corrected chi connectivity index (χ1v) is 9.61. The van der Waals surface area contributed by atoms with Crippen LogP contribution in [0.2, 0.25) is 0 Å². The van der Waals surface area contributed by atoms with E-state index in [4.69, 9.17) is 0 Å². The van der Waals surface area contributed by atoms with E-state index in [0.29, 0.717) is 23.9 Å². The largest absolute Gasteiger partial charge is 0.300 e. The van der Waals surface area contributed by atoms with Crippen LogP contribution in [-0.4, -0.2) is 34.2 Å². The lowest BCUT2D eigenvalue weighted by molar-refractivity contribution is -0.142. The second-order valence-electron chi connectivity index (χ2n) is 6.78. The number of thiazole rings is 1. The van der Waals surface area contributed by atoms with Crippen molar-refractivity contribution in [2.45, 2.75) is 25.2 Å². The van der Waals surface area contributed by atoms with Gasteiger partial charge in [-0.3, -0.25) is 19.3 Å². The van der Waals surface area contributed by atoms with Crippen molar-refractivity contribution in [3.63, 3.8) is 0 Å². The van der Waals surface area contributed by atoms with Crippen LogP contribution in [0.1, 0.15) is 30.7 Å². The molecule has 3 amide bonds. The molecule has 6 nitrogen and oxygen atoms in total. The minimum atomic E-state index is -0.389. The molecule has 0 radical (unpaired) electrons. The van der Waals surface area contributed by atoms with Crippen LogP contribution < -0.4 is 5.32 Å². The third kappa shape index (κ3) is 3.14. The summed E-state index contributed by atoms with van der Waals surface area (Å²) < 4.78 is 0. The highest BCUT2D eigenvalue weighted by molar-refractivity contribution is 7.13. The smallest absolute Gasteiger partial charge is 0.246 e. The highest BCUT2D eigenvalue weighted by Gasteiger charge is 2.50. The number of hydrogen-bond acceptors (Lipinski definition) is 5. The predicted octanol–water partition coefficient (Wildman–Crippen LogP) is 2.65.